The number of nitrogens with zero attached hydrogens (tertiary/aromatic N) is 5. The first-order valence-corrected chi connectivity index (χ1v) is 11.0. The highest BCUT2D eigenvalue weighted by Crippen LogP contribution is 2.31. The number of benzene rings is 2. The predicted octanol–water partition coefficient (Wildman–Crippen LogP) is 4.19. The van der Waals surface area contributed by atoms with E-state index in [1.807, 2.05) is 36.1 Å². The second kappa shape index (κ2) is 8.67. The molecule has 5 rings (SSSR count). The summed E-state index contributed by atoms with van der Waals surface area (Å²) in [7, 11) is 2.05. The van der Waals surface area contributed by atoms with Gasteiger partial charge < -0.3 is 9.80 Å². The molecular formula is C26H24FN5O. The number of fused-ring (bicyclic) bond motifs is 1. The van der Waals surface area contributed by atoms with Crippen LogP contribution in [0.1, 0.15) is 15.9 Å². The fourth-order valence-corrected chi connectivity index (χ4v) is 3.98. The summed E-state index contributed by atoms with van der Waals surface area (Å²) in [6.45, 7) is 5.10. The molecule has 4 aromatic rings. The summed E-state index contributed by atoms with van der Waals surface area (Å²) in [4.78, 5) is 31.2. The third-order valence-corrected chi connectivity index (χ3v) is 6.00. The first-order chi connectivity index (χ1) is 16.0. The lowest BCUT2D eigenvalue weighted by Crippen LogP contribution is -2.47. The number of pyridine rings is 1. The van der Waals surface area contributed by atoms with Crippen LogP contribution >= 0.6 is 0 Å². The molecule has 0 radical (unpaired) electrons. The van der Waals surface area contributed by atoms with Crippen LogP contribution in [-0.4, -0.2) is 63.9 Å². The summed E-state index contributed by atoms with van der Waals surface area (Å²) in [6, 6.07) is 16.0. The van der Waals surface area contributed by atoms with Crippen molar-refractivity contribution in [3.63, 3.8) is 0 Å². The topological polar surface area (TPSA) is 62.2 Å². The van der Waals surface area contributed by atoms with Crippen molar-refractivity contribution in [1.29, 1.82) is 0 Å². The van der Waals surface area contributed by atoms with Crippen LogP contribution in [0.3, 0.4) is 0 Å². The van der Waals surface area contributed by atoms with Crippen LogP contribution in [0.25, 0.3) is 33.7 Å². The lowest BCUT2D eigenvalue weighted by atomic mass is 10.0. The molecule has 6 nitrogen and oxygen atoms in total. The van der Waals surface area contributed by atoms with Crippen molar-refractivity contribution >= 4 is 17.1 Å². The van der Waals surface area contributed by atoms with Gasteiger partial charge in [-0.25, -0.2) is 19.3 Å². The van der Waals surface area contributed by atoms with Gasteiger partial charge in [-0.3, -0.25) is 4.79 Å². The minimum absolute atomic E-state index is 0.0507. The highest BCUT2D eigenvalue weighted by atomic mass is 19.1. The molecule has 0 N–H and O–H groups in total. The molecular weight excluding hydrogens is 417 g/mol. The second-order valence-corrected chi connectivity index (χ2v) is 8.46. The van der Waals surface area contributed by atoms with E-state index in [0.717, 1.165) is 29.8 Å². The summed E-state index contributed by atoms with van der Waals surface area (Å²) in [5.74, 6) is -0.364. The Bertz CT molecular complexity index is 1310. The molecule has 1 amide bonds. The molecule has 2 aromatic carbocycles. The van der Waals surface area contributed by atoms with Gasteiger partial charge in [0.2, 0.25) is 0 Å². The fourth-order valence-electron chi connectivity index (χ4n) is 3.98. The van der Waals surface area contributed by atoms with Crippen LogP contribution in [0.2, 0.25) is 0 Å². The smallest absolute Gasteiger partial charge is 0.255 e. The van der Waals surface area contributed by atoms with Crippen molar-refractivity contribution in [3.05, 3.63) is 77.7 Å². The van der Waals surface area contributed by atoms with E-state index in [1.165, 1.54) is 12.1 Å². The Kier molecular flexibility index (Phi) is 5.56. The van der Waals surface area contributed by atoms with Gasteiger partial charge in [-0.15, -0.1) is 0 Å². The van der Waals surface area contributed by atoms with Crippen LogP contribution in [-0.2, 0) is 0 Å². The minimum Gasteiger partial charge on any atom is -0.336 e. The maximum Gasteiger partial charge on any atom is 0.255 e. The van der Waals surface area contributed by atoms with Gasteiger partial charge in [-0.1, -0.05) is 29.8 Å². The van der Waals surface area contributed by atoms with Crippen molar-refractivity contribution in [3.8, 4) is 22.5 Å². The van der Waals surface area contributed by atoms with Gasteiger partial charge in [0.25, 0.3) is 5.91 Å². The zero-order valence-corrected chi connectivity index (χ0v) is 18.6. The molecule has 7 heteroatoms. The van der Waals surface area contributed by atoms with Gasteiger partial charge >= 0.3 is 0 Å². The standard InChI is InChI=1S/C26H24FN5O/c1-17-3-5-18(6-4-17)24-23(19-7-9-21(27)10-8-19)29-22-15-20(16-28-25(22)30-24)26(33)32-13-11-31(2)12-14-32/h3-10,15-16H,11-14H2,1-2H3. The van der Waals surface area contributed by atoms with E-state index >= 15 is 0 Å². The number of amides is 1. The van der Waals surface area contributed by atoms with Crippen LogP contribution < -0.4 is 0 Å². The number of aromatic nitrogens is 3. The van der Waals surface area contributed by atoms with Crippen LogP contribution in [0, 0.1) is 12.7 Å². The lowest BCUT2D eigenvalue weighted by molar-refractivity contribution is 0.0664. The van der Waals surface area contributed by atoms with E-state index in [0.29, 0.717) is 41.2 Å². The molecule has 2 aromatic heterocycles. The van der Waals surface area contributed by atoms with Gasteiger partial charge in [0.15, 0.2) is 5.65 Å². The van der Waals surface area contributed by atoms with Crippen LogP contribution in [0.5, 0.6) is 0 Å². The molecule has 0 spiro atoms. The normalized spacial score (nSPS) is 14.6. The Morgan fingerprint density at radius 1 is 0.879 bits per heavy atom. The predicted molar refractivity (Wildman–Crippen MR) is 126 cm³/mol. The quantitative estimate of drug-likeness (QED) is 0.477. The van der Waals surface area contributed by atoms with Gasteiger partial charge in [-0.2, -0.15) is 0 Å². The molecule has 0 aliphatic carbocycles. The molecule has 0 unspecified atom stereocenters. The molecule has 1 fully saturated rings. The summed E-state index contributed by atoms with van der Waals surface area (Å²) >= 11 is 0. The lowest BCUT2D eigenvalue weighted by Gasteiger charge is -2.32. The molecule has 0 saturated carbocycles. The van der Waals surface area contributed by atoms with E-state index in [-0.39, 0.29) is 11.7 Å². The van der Waals surface area contributed by atoms with Crippen LogP contribution in [0.15, 0.2) is 60.8 Å². The Labute approximate surface area is 191 Å². The van der Waals surface area contributed by atoms with Gasteiger partial charge in [0, 0.05) is 43.5 Å². The Balaban J connectivity index is 1.60. The van der Waals surface area contributed by atoms with Crippen molar-refractivity contribution in [2.45, 2.75) is 6.92 Å². The maximum atomic E-state index is 13.6. The summed E-state index contributed by atoms with van der Waals surface area (Å²) in [5.41, 5.74) is 5.56. The summed E-state index contributed by atoms with van der Waals surface area (Å²) in [5, 5.41) is 0. The van der Waals surface area contributed by atoms with Gasteiger partial charge in [0.1, 0.15) is 11.3 Å². The van der Waals surface area contributed by atoms with E-state index < -0.39 is 0 Å². The molecule has 166 valence electrons. The SMILES string of the molecule is Cc1ccc(-c2nc3ncc(C(=O)N4CCN(C)CC4)cc3nc2-c2ccc(F)cc2)cc1. The van der Waals surface area contributed by atoms with E-state index in [1.54, 1.807) is 24.4 Å². The molecule has 33 heavy (non-hydrogen) atoms. The number of aryl methyl sites for hydroxylation is 1. The molecule has 0 atom stereocenters. The Morgan fingerprint density at radius 2 is 1.48 bits per heavy atom. The largest absolute Gasteiger partial charge is 0.336 e. The highest BCUT2D eigenvalue weighted by molar-refractivity contribution is 5.97. The molecule has 1 saturated heterocycles. The third-order valence-electron chi connectivity index (χ3n) is 6.00. The zero-order valence-electron chi connectivity index (χ0n) is 18.6. The average Bonchev–Trinajstić information content (AvgIpc) is 2.84. The van der Waals surface area contributed by atoms with Crippen molar-refractivity contribution in [1.82, 2.24) is 24.8 Å². The first kappa shape index (κ1) is 21.2. The van der Waals surface area contributed by atoms with Crippen LogP contribution in [0.4, 0.5) is 4.39 Å². The number of hydrogen-bond donors (Lipinski definition) is 0. The minimum atomic E-state index is -0.314. The zero-order chi connectivity index (χ0) is 22.9. The molecule has 0 bridgehead atoms. The Hall–Kier alpha value is -3.71. The summed E-state index contributed by atoms with van der Waals surface area (Å²) in [6.07, 6.45) is 1.58. The number of carbonyl (C=O) groups is 1. The monoisotopic (exact) mass is 441 g/mol. The number of carbonyl (C=O) groups excluding carboxylic acids is 1. The maximum absolute atomic E-state index is 13.6. The first-order valence-electron chi connectivity index (χ1n) is 11.0. The van der Waals surface area contributed by atoms with E-state index in [2.05, 4.69) is 16.9 Å². The fraction of sp³-hybridized carbons (Fsp3) is 0.231. The van der Waals surface area contributed by atoms with E-state index in [4.69, 9.17) is 9.97 Å². The molecule has 3 heterocycles. The number of piperazine rings is 1. The molecule has 1 aliphatic heterocycles. The van der Waals surface area contributed by atoms with Gasteiger partial charge in [-0.05, 0) is 44.3 Å². The highest BCUT2D eigenvalue weighted by Gasteiger charge is 2.22. The second-order valence-electron chi connectivity index (χ2n) is 8.46. The molecule has 1 aliphatic rings. The van der Waals surface area contributed by atoms with Crippen molar-refractivity contribution < 1.29 is 9.18 Å². The number of halogens is 1. The average molecular weight is 442 g/mol. The van der Waals surface area contributed by atoms with Gasteiger partial charge in [0.05, 0.1) is 17.0 Å². The van der Waals surface area contributed by atoms with E-state index in [9.17, 15) is 9.18 Å². The van der Waals surface area contributed by atoms with Crippen molar-refractivity contribution in [2.75, 3.05) is 33.2 Å². The summed E-state index contributed by atoms with van der Waals surface area (Å²) < 4.78 is 13.6. The number of likely N-dealkylation sites (N-methyl/N-ethyl adjacent to an activating group) is 1. The van der Waals surface area contributed by atoms with Crippen molar-refractivity contribution in [2.24, 2.45) is 0 Å². The third kappa shape index (κ3) is 4.32. The Morgan fingerprint density at radius 3 is 2.15 bits per heavy atom. The number of hydrogen-bond acceptors (Lipinski definition) is 5. The number of rotatable bonds is 3.